The summed E-state index contributed by atoms with van der Waals surface area (Å²) >= 11 is 0. The number of benzene rings is 1. The molecule has 2 aromatic rings. The van der Waals surface area contributed by atoms with Crippen molar-refractivity contribution in [3.05, 3.63) is 63.1 Å². The van der Waals surface area contributed by atoms with Gasteiger partial charge in [-0.15, -0.1) is 0 Å². The lowest BCUT2D eigenvalue weighted by molar-refractivity contribution is -0.117. The van der Waals surface area contributed by atoms with E-state index in [1.54, 1.807) is 18.2 Å². The van der Waals surface area contributed by atoms with E-state index >= 15 is 0 Å². The summed E-state index contributed by atoms with van der Waals surface area (Å²) in [5, 5.41) is 11.9. The largest absolute Gasteiger partial charge is 0.325 e. The topological polar surface area (TPSA) is 120 Å². The number of carbonyl (C=O) groups excluding carboxylic acids is 3. The molecule has 1 heterocycles. The van der Waals surface area contributed by atoms with E-state index in [0.29, 0.717) is 30.6 Å². The van der Waals surface area contributed by atoms with E-state index in [1.165, 1.54) is 6.07 Å². The second kappa shape index (κ2) is 8.01. The molecule has 0 radical (unpaired) electrons. The van der Waals surface area contributed by atoms with Gasteiger partial charge >= 0.3 is 0 Å². The number of fused-ring (bicyclic) bond motifs is 1. The average Bonchev–Trinajstić information content (AvgIpc) is 2.68. The predicted molar refractivity (Wildman–Crippen MR) is 102 cm³/mol. The van der Waals surface area contributed by atoms with Crippen LogP contribution in [0.3, 0.4) is 0 Å². The molecule has 1 aliphatic rings. The van der Waals surface area contributed by atoms with Crippen molar-refractivity contribution in [1.29, 1.82) is 5.26 Å². The molecule has 2 N–H and O–H groups in total. The molecular weight excluding hydrogens is 358 g/mol. The van der Waals surface area contributed by atoms with Crippen LogP contribution in [0.2, 0.25) is 0 Å². The number of ketones is 2. The number of hydrogen-bond donors (Lipinski definition) is 2. The molecule has 7 nitrogen and oxygen atoms in total. The average molecular weight is 377 g/mol. The Labute approximate surface area is 161 Å². The Hall–Kier alpha value is -3.53. The summed E-state index contributed by atoms with van der Waals surface area (Å²) in [5.74, 6) is -3.60. The van der Waals surface area contributed by atoms with Crippen LogP contribution in [0.1, 0.15) is 51.7 Å². The first-order valence-electron chi connectivity index (χ1n) is 9.07. The van der Waals surface area contributed by atoms with Gasteiger partial charge < -0.3 is 10.3 Å². The summed E-state index contributed by atoms with van der Waals surface area (Å²) in [6.45, 7) is 2.00. The Morgan fingerprint density at radius 1 is 1.21 bits per heavy atom. The van der Waals surface area contributed by atoms with Gasteiger partial charge in [0.2, 0.25) is 5.91 Å². The normalized spacial score (nSPS) is 13.9. The van der Waals surface area contributed by atoms with Crippen molar-refractivity contribution < 1.29 is 14.4 Å². The zero-order valence-electron chi connectivity index (χ0n) is 15.4. The number of H-pyrrole nitrogens is 1. The van der Waals surface area contributed by atoms with Gasteiger partial charge in [0.05, 0.1) is 11.6 Å². The first kappa shape index (κ1) is 19.2. The molecule has 0 fully saturated rings. The van der Waals surface area contributed by atoms with Gasteiger partial charge in [0.15, 0.2) is 17.5 Å². The lowest BCUT2D eigenvalue weighted by Crippen LogP contribution is -2.33. The molecule has 1 aromatic heterocycles. The molecule has 1 amide bonds. The number of anilines is 1. The van der Waals surface area contributed by atoms with Gasteiger partial charge in [-0.05, 0) is 43.0 Å². The van der Waals surface area contributed by atoms with Crippen LogP contribution in [0.25, 0.3) is 0 Å². The Balaban J connectivity index is 1.86. The molecule has 0 bridgehead atoms. The quantitative estimate of drug-likeness (QED) is 0.612. The number of amides is 1. The smallest absolute Gasteiger partial charge is 0.259 e. The fourth-order valence-corrected chi connectivity index (χ4v) is 3.19. The first-order valence-corrected chi connectivity index (χ1v) is 9.07. The highest BCUT2D eigenvalue weighted by Crippen LogP contribution is 2.20. The number of aromatic amines is 1. The minimum Gasteiger partial charge on any atom is -0.325 e. The Morgan fingerprint density at radius 3 is 2.57 bits per heavy atom. The van der Waals surface area contributed by atoms with Gasteiger partial charge in [0, 0.05) is 23.4 Å². The Kier molecular flexibility index (Phi) is 5.50. The number of aromatic nitrogens is 1. The zero-order chi connectivity index (χ0) is 20.3. The summed E-state index contributed by atoms with van der Waals surface area (Å²) in [6, 6.07) is 9.90. The number of Topliss-reactive ketones (excluding diaryl/α,β-unsaturated/α-hetero) is 2. The molecule has 1 aromatic carbocycles. The Bertz CT molecular complexity index is 1040. The highest BCUT2D eigenvalue weighted by Gasteiger charge is 2.31. The zero-order valence-corrected chi connectivity index (χ0v) is 15.4. The maximum absolute atomic E-state index is 12.7. The molecule has 1 atom stereocenters. The monoisotopic (exact) mass is 377 g/mol. The molecule has 0 spiro atoms. The van der Waals surface area contributed by atoms with Gasteiger partial charge in [0.25, 0.3) is 5.56 Å². The first-order chi connectivity index (χ1) is 13.4. The van der Waals surface area contributed by atoms with Crippen molar-refractivity contribution >= 4 is 23.2 Å². The third-order valence-electron chi connectivity index (χ3n) is 4.80. The maximum atomic E-state index is 12.7. The molecular formula is C21H19N3O4. The van der Waals surface area contributed by atoms with Gasteiger partial charge in [-0.25, -0.2) is 0 Å². The van der Waals surface area contributed by atoms with Crippen LogP contribution < -0.4 is 10.9 Å². The minimum atomic E-state index is -1.69. The highest BCUT2D eigenvalue weighted by molar-refractivity contribution is 6.16. The third kappa shape index (κ3) is 3.76. The highest BCUT2D eigenvalue weighted by atomic mass is 16.2. The second-order valence-corrected chi connectivity index (χ2v) is 6.65. The Morgan fingerprint density at radius 2 is 1.93 bits per heavy atom. The lowest BCUT2D eigenvalue weighted by Gasteiger charge is -2.15. The number of nitrogens with zero attached hydrogens (tertiary/aromatic N) is 1. The van der Waals surface area contributed by atoms with E-state index in [4.69, 9.17) is 0 Å². The number of aryl methyl sites for hydroxylation is 2. The predicted octanol–water partition coefficient (Wildman–Crippen LogP) is 2.42. The van der Waals surface area contributed by atoms with Gasteiger partial charge in [-0.2, -0.15) is 5.26 Å². The fourth-order valence-electron chi connectivity index (χ4n) is 3.19. The van der Waals surface area contributed by atoms with Crippen molar-refractivity contribution in [2.75, 3.05) is 5.32 Å². The summed E-state index contributed by atoms with van der Waals surface area (Å²) < 4.78 is 0. The number of nitrogens with one attached hydrogen (secondary N) is 2. The standard InChI is InChI=1S/C21H19N3O4/c1-2-12-6-8-13(9-7-12)23-21(28)16(11-22)19(26)15-10-14-17(24-20(15)27)4-3-5-18(14)25/h6-10,16H,2-5H2,1H3,(H,23,28)(H,24,27). The van der Waals surface area contributed by atoms with E-state index in [1.807, 2.05) is 19.1 Å². The van der Waals surface area contributed by atoms with E-state index in [2.05, 4.69) is 10.3 Å². The number of nitriles is 1. The molecule has 142 valence electrons. The molecule has 28 heavy (non-hydrogen) atoms. The molecule has 1 unspecified atom stereocenters. The van der Waals surface area contributed by atoms with Crippen LogP contribution in [0.5, 0.6) is 0 Å². The van der Waals surface area contributed by atoms with Crippen LogP contribution in [0.4, 0.5) is 5.69 Å². The molecule has 0 saturated heterocycles. The number of pyridine rings is 1. The van der Waals surface area contributed by atoms with Gasteiger partial charge in [-0.3, -0.25) is 19.2 Å². The lowest BCUT2D eigenvalue weighted by atomic mass is 9.91. The van der Waals surface area contributed by atoms with Crippen molar-refractivity contribution in [3.8, 4) is 6.07 Å². The molecule has 0 saturated carbocycles. The number of carbonyl (C=O) groups is 3. The fraction of sp³-hybridized carbons (Fsp3) is 0.286. The van der Waals surface area contributed by atoms with Gasteiger partial charge in [-0.1, -0.05) is 19.1 Å². The third-order valence-corrected chi connectivity index (χ3v) is 4.80. The van der Waals surface area contributed by atoms with Crippen molar-refractivity contribution in [3.63, 3.8) is 0 Å². The van der Waals surface area contributed by atoms with Gasteiger partial charge in [0.1, 0.15) is 0 Å². The van der Waals surface area contributed by atoms with E-state index in [9.17, 15) is 24.4 Å². The van der Waals surface area contributed by atoms with Crippen molar-refractivity contribution in [2.45, 2.75) is 32.6 Å². The summed E-state index contributed by atoms with van der Waals surface area (Å²) in [7, 11) is 0. The molecule has 1 aliphatic carbocycles. The SMILES string of the molecule is CCc1ccc(NC(=O)C(C#N)C(=O)c2cc3c([nH]c2=O)CCCC3=O)cc1. The van der Waals surface area contributed by atoms with Crippen LogP contribution in [0, 0.1) is 17.2 Å². The van der Waals surface area contributed by atoms with Crippen LogP contribution in [-0.4, -0.2) is 22.5 Å². The van der Waals surface area contributed by atoms with E-state index in [0.717, 1.165) is 12.0 Å². The maximum Gasteiger partial charge on any atom is 0.259 e. The minimum absolute atomic E-state index is 0.166. The van der Waals surface area contributed by atoms with Crippen LogP contribution in [0.15, 0.2) is 35.1 Å². The number of hydrogen-bond acceptors (Lipinski definition) is 5. The molecule has 0 aliphatic heterocycles. The summed E-state index contributed by atoms with van der Waals surface area (Å²) in [6.07, 6.45) is 2.35. The van der Waals surface area contributed by atoms with Crippen LogP contribution in [-0.2, 0) is 17.6 Å². The number of rotatable bonds is 5. The summed E-state index contributed by atoms with van der Waals surface area (Å²) in [4.78, 5) is 52.0. The van der Waals surface area contributed by atoms with Crippen molar-refractivity contribution in [1.82, 2.24) is 4.98 Å². The van der Waals surface area contributed by atoms with E-state index < -0.39 is 23.2 Å². The molecule has 7 heteroatoms. The van der Waals surface area contributed by atoms with Crippen molar-refractivity contribution in [2.24, 2.45) is 5.92 Å². The summed E-state index contributed by atoms with van der Waals surface area (Å²) in [5.41, 5.74) is 1.25. The second-order valence-electron chi connectivity index (χ2n) is 6.65. The van der Waals surface area contributed by atoms with E-state index in [-0.39, 0.29) is 16.9 Å². The van der Waals surface area contributed by atoms with Crippen LogP contribution >= 0.6 is 0 Å². The molecule has 3 rings (SSSR count).